The van der Waals surface area contributed by atoms with Gasteiger partial charge in [0.25, 0.3) is 5.91 Å². The summed E-state index contributed by atoms with van der Waals surface area (Å²) in [5.74, 6) is -3.49. The summed E-state index contributed by atoms with van der Waals surface area (Å²) in [7, 11) is 3.12. The molecule has 6 amide bonds. The first-order valence-electron chi connectivity index (χ1n) is 17.7. The van der Waals surface area contributed by atoms with Gasteiger partial charge < -0.3 is 35.8 Å². The lowest BCUT2D eigenvalue weighted by Crippen LogP contribution is -2.62. The van der Waals surface area contributed by atoms with Crippen molar-refractivity contribution in [3.05, 3.63) is 35.9 Å². The third kappa shape index (κ3) is 9.25. The Morgan fingerprint density at radius 3 is 2.10 bits per heavy atom. The third-order valence-corrected chi connectivity index (χ3v) is 9.78. The molecule has 7 unspecified atom stereocenters. The van der Waals surface area contributed by atoms with Crippen LogP contribution in [0.25, 0.3) is 0 Å². The van der Waals surface area contributed by atoms with Crippen molar-refractivity contribution < 1.29 is 38.3 Å². The van der Waals surface area contributed by atoms with Crippen molar-refractivity contribution in [1.82, 2.24) is 31.1 Å². The highest BCUT2D eigenvalue weighted by molar-refractivity contribution is 6.38. The molecule has 3 fully saturated rings. The molecule has 2 bridgehead atoms. The molecule has 1 aromatic carbocycles. The molecule has 3 aliphatic rings. The number of nitrogens with zero attached hydrogens (tertiary/aromatic N) is 2. The van der Waals surface area contributed by atoms with Gasteiger partial charge in [-0.3, -0.25) is 28.8 Å². The highest BCUT2D eigenvalue weighted by Crippen LogP contribution is 2.63. The number of likely N-dealkylation sites (tertiary alicyclic amines) is 1. The Kier molecular flexibility index (Phi) is 11.9. The van der Waals surface area contributed by atoms with Gasteiger partial charge in [0.1, 0.15) is 23.7 Å². The van der Waals surface area contributed by atoms with E-state index in [1.165, 1.54) is 4.90 Å². The highest BCUT2D eigenvalue weighted by Gasteiger charge is 2.68. The van der Waals surface area contributed by atoms with Gasteiger partial charge in [-0.05, 0) is 68.8 Å². The summed E-state index contributed by atoms with van der Waals surface area (Å²) in [6.45, 7) is 11.9. The zero-order chi connectivity index (χ0) is 38.0. The molecule has 0 spiro atoms. The molecule has 51 heavy (non-hydrogen) atoms. The summed E-state index contributed by atoms with van der Waals surface area (Å²) < 4.78 is 5.45. The number of likely N-dealkylation sites (N-methyl/N-ethyl adjacent to an activating group) is 1. The van der Waals surface area contributed by atoms with E-state index in [0.29, 0.717) is 24.3 Å². The number of benzene rings is 1. The Morgan fingerprint density at radius 2 is 1.53 bits per heavy atom. The molecule has 4 N–H and O–H groups in total. The Balaban J connectivity index is 1.44. The topological polar surface area (TPSA) is 183 Å². The first-order valence-corrected chi connectivity index (χ1v) is 17.7. The molecular weight excluding hydrogens is 656 g/mol. The standard InChI is InChI=1S/C37H54N6O8/c1-10-14-24(29(45)32(47)38-19-26(44)40-27(33(48)42(8)9)20-15-12-11-13-16-20)39-31(46)28-23-18-25(22-17-21(22)23)43(28)34(49)30(36(2,3)4)41-35(50)51-37(5,6)7/h11-13,15-16,21-25,27-28,30H,10,14,17-19H2,1-9H3,(H,38,47)(H,39,46)(H,40,44)(H,41,50)/t21?,22?,23?,24?,25?,27-,28?,30?/m1/s1. The van der Waals surface area contributed by atoms with Gasteiger partial charge in [-0.25, -0.2) is 4.79 Å². The monoisotopic (exact) mass is 710 g/mol. The molecule has 1 aliphatic heterocycles. The Bertz CT molecular complexity index is 1520. The molecule has 1 saturated heterocycles. The van der Waals surface area contributed by atoms with E-state index in [4.69, 9.17) is 4.74 Å². The number of fused-ring (bicyclic) bond motifs is 5. The van der Waals surface area contributed by atoms with Crippen LogP contribution in [0.2, 0.25) is 0 Å². The van der Waals surface area contributed by atoms with Crippen LogP contribution in [0.5, 0.6) is 0 Å². The van der Waals surface area contributed by atoms with Crippen LogP contribution in [0.3, 0.4) is 0 Å². The van der Waals surface area contributed by atoms with Gasteiger partial charge in [-0.15, -0.1) is 0 Å². The van der Waals surface area contributed by atoms with E-state index in [0.717, 1.165) is 6.42 Å². The van der Waals surface area contributed by atoms with Crippen LogP contribution in [0.4, 0.5) is 4.79 Å². The first kappa shape index (κ1) is 39.3. The molecule has 14 heteroatoms. The van der Waals surface area contributed by atoms with Crippen LogP contribution in [0.15, 0.2) is 30.3 Å². The maximum atomic E-state index is 14.3. The van der Waals surface area contributed by atoms with Crippen LogP contribution in [0, 0.1) is 23.2 Å². The molecule has 1 aromatic rings. The van der Waals surface area contributed by atoms with Crippen molar-refractivity contribution >= 4 is 41.4 Å². The largest absolute Gasteiger partial charge is 0.444 e. The van der Waals surface area contributed by atoms with E-state index >= 15 is 0 Å². The Hall–Kier alpha value is -4.49. The van der Waals surface area contributed by atoms with E-state index < -0.39 is 77.2 Å². The fourth-order valence-corrected chi connectivity index (χ4v) is 7.36. The maximum Gasteiger partial charge on any atom is 0.408 e. The van der Waals surface area contributed by atoms with Crippen LogP contribution in [-0.4, -0.2) is 102 Å². The number of Topliss-reactive ketones (excluding diaryl/α,β-unsaturated/α-hetero) is 1. The van der Waals surface area contributed by atoms with Gasteiger partial charge >= 0.3 is 6.09 Å². The van der Waals surface area contributed by atoms with Crippen molar-refractivity contribution in [3.63, 3.8) is 0 Å². The molecule has 1 heterocycles. The molecule has 2 saturated carbocycles. The summed E-state index contributed by atoms with van der Waals surface area (Å²) >= 11 is 0. The number of hydrogen-bond donors (Lipinski definition) is 4. The lowest BCUT2D eigenvalue weighted by Gasteiger charge is -2.40. The molecule has 280 valence electrons. The number of hydrogen-bond acceptors (Lipinski definition) is 8. The van der Waals surface area contributed by atoms with Gasteiger partial charge in [0.05, 0.1) is 12.6 Å². The zero-order valence-electron chi connectivity index (χ0n) is 31.2. The highest BCUT2D eigenvalue weighted by atomic mass is 16.6. The van der Waals surface area contributed by atoms with Gasteiger partial charge in [-0.1, -0.05) is 64.4 Å². The number of ether oxygens (including phenoxy) is 1. The minimum absolute atomic E-state index is 0.108. The number of ketones is 1. The summed E-state index contributed by atoms with van der Waals surface area (Å²) in [5, 5.41) is 10.4. The van der Waals surface area contributed by atoms with E-state index in [-0.39, 0.29) is 30.2 Å². The fraction of sp³-hybridized carbons (Fsp3) is 0.649. The number of alkyl carbamates (subject to hydrolysis) is 1. The van der Waals surface area contributed by atoms with E-state index in [1.807, 2.05) is 27.7 Å². The average molecular weight is 711 g/mol. The predicted octanol–water partition coefficient (Wildman–Crippen LogP) is 2.08. The zero-order valence-corrected chi connectivity index (χ0v) is 31.2. The summed E-state index contributed by atoms with van der Waals surface area (Å²) in [6.07, 6.45) is 1.42. The second-order valence-corrected chi connectivity index (χ2v) is 16.2. The molecule has 14 nitrogen and oxygen atoms in total. The van der Waals surface area contributed by atoms with Gasteiger partial charge in [0, 0.05) is 20.1 Å². The van der Waals surface area contributed by atoms with E-state index in [1.54, 1.807) is 70.1 Å². The molecular formula is C37H54N6O8. The quantitative estimate of drug-likeness (QED) is 0.225. The Labute approximate surface area is 300 Å². The van der Waals surface area contributed by atoms with Gasteiger partial charge in [0.15, 0.2) is 0 Å². The predicted molar refractivity (Wildman–Crippen MR) is 188 cm³/mol. The van der Waals surface area contributed by atoms with Crippen LogP contribution in [0.1, 0.15) is 85.8 Å². The number of carbonyl (C=O) groups is 7. The van der Waals surface area contributed by atoms with Crippen LogP contribution >= 0.6 is 0 Å². The van der Waals surface area contributed by atoms with Crippen molar-refractivity contribution in [2.24, 2.45) is 23.2 Å². The van der Waals surface area contributed by atoms with Crippen LogP contribution in [-0.2, 0) is 33.5 Å². The molecule has 2 aliphatic carbocycles. The summed E-state index contributed by atoms with van der Waals surface area (Å²) in [6, 6.07) is 4.42. The van der Waals surface area contributed by atoms with Gasteiger partial charge in [-0.2, -0.15) is 0 Å². The number of amides is 6. The lowest BCUT2D eigenvalue weighted by molar-refractivity contribution is -0.148. The Morgan fingerprint density at radius 1 is 0.882 bits per heavy atom. The van der Waals surface area contributed by atoms with Gasteiger partial charge in [0.2, 0.25) is 29.4 Å². The van der Waals surface area contributed by atoms with Crippen LogP contribution < -0.4 is 21.3 Å². The van der Waals surface area contributed by atoms with Crippen molar-refractivity contribution in [3.8, 4) is 0 Å². The second-order valence-electron chi connectivity index (χ2n) is 16.2. The smallest absolute Gasteiger partial charge is 0.408 e. The molecule has 4 rings (SSSR count). The van der Waals surface area contributed by atoms with E-state index in [2.05, 4.69) is 21.3 Å². The van der Waals surface area contributed by atoms with Crippen molar-refractivity contribution in [2.75, 3.05) is 20.6 Å². The van der Waals surface area contributed by atoms with Crippen molar-refractivity contribution in [1.29, 1.82) is 0 Å². The first-order chi connectivity index (χ1) is 23.7. The number of piperidine rings is 1. The second kappa shape index (κ2) is 15.4. The minimum atomic E-state index is -1.19. The fourth-order valence-electron chi connectivity index (χ4n) is 7.36. The number of rotatable bonds is 13. The summed E-state index contributed by atoms with van der Waals surface area (Å²) in [4.78, 5) is 96.2. The maximum absolute atomic E-state index is 14.3. The summed E-state index contributed by atoms with van der Waals surface area (Å²) in [5.41, 5.74) is -0.942. The SMILES string of the molecule is CCCC(NC(=O)C1C2CC(C3CC32)N1C(=O)C(NC(=O)OC(C)(C)C)C(C)(C)C)C(=O)C(=O)NCC(=O)N[C@@H](C(=O)N(C)C)c1ccccc1. The third-order valence-electron chi connectivity index (χ3n) is 9.78. The molecule has 8 atom stereocenters. The average Bonchev–Trinajstić information content (AvgIpc) is 3.65. The molecule has 0 aromatic heterocycles. The molecule has 0 radical (unpaired) electrons. The number of nitrogens with one attached hydrogen (secondary N) is 4. The number of carbonyl (C=O) groups excluding carboxylic acids is 7. The van der Waals surface area contributed by atoms with E-state index in [9.17, 15) is 33.6 Å². The van der Waals surface area contributed by atoms with Crippen molar-refractivity contribution in [2.45, 2.75) is 110 Å². The minimum Gasteiger partial charge on any atom is -0.444 e. The lowest BCUT2D eigenvalue weighted by atomic mass is 9.85. The normalized spacial score (nSPS) is 23.5.